The molecule has 2 nitrogen and oxygen atoms in total. The Morgan fingerprint density at radius 2 is 1.78 bits per heavy atom. The summed E-state index contributed by atoms with van der Waals surface area (Å²) in [6.45, 7) is 0. The van der Waals surface area contributed by atoms with Gasteiger partial charge in [-0.25, -0.2) is 4.39 Å². The maximum atomic E-state index is 13.7. The Balaban J connectivity index is 2.44. The monoisotopic (exact) mass is 372 g/mol. The average molecular weight is 372 g/mol. The van der Waals surface area contributed by atoms with Gasteiger partial charge in [0.05, 0.1) is 16.9 Å². The summed E-state index contributed by atoms with van der Waals surface area (Å²) in [6.07, 6.45) is 0. The zero-order valence-corrected chi connectivity index (χ0v) is 12.3. The van der Waals surface area contributed by atoms with Crippen LogP contribution in [0.25, 0.3) is 0 Å². The molecule has 3 N–H and O–H groups in total. The van der Waals surface area contributed by atoms with E-state index in [9.17, 15) is 4.39 Å². The first-order valence-electron chi connectivity index (χ1n) is 5.19. The minimum absolute atomic E-state index is 0.0431. The van der Waals surface area contributed by atoms with Gasteiger partial charge in [0.2, 0.25) is 0 Å². The predicted molar refractivity (Wildman–Crippen MR) is 84.7 cm³/mol. The molecule has 0 bridgehead atoms. The van der Waals surface area contributed by atoms with Crippen molar-refractivity contribution in [2.24, 2.45) is 5.73 Å². The highest BCUT2D eigenvalue weighted by atomic mass is 127. The number of rotatable bonds is 3. The zero-order chi connectivity index (χ0) is 13.1. The summed E-state index contributed by atoms with van der Waals surface area (Å²) in [5.41, 5.74) is 7.26. The summed E-state index contributed by atoms with van der Waals surface area (Å²) in [5, 5.41) is 3.15. The number of thiocarbonyl (C=S) groups is 1. The van der Waals surface area contributed by atoms with Crippen LogP contribution in [0.1, 0.15) is 5.56 Å². The standard InChI is InChI=1S/C13H10FIN2S/c14-8-4-3-7-11(12(8)13(16)18)17-10-6-2-1-5-9(10)15/h1-7,17H,(H2,16,18). The van der Waals surface area contributed by atoms with Crippen molar-refractivity contribution in [1.82, 2.24) is 0 Å². The van der Waals surface area contributed by atoms with E-state index in [2.05, 4.69) is 27.9 Å². The van der Waals surface area contributed by atoms with Crippen LogP contribution in [0.2, 0.25) is 0 Å². The molecule has 0 atom stereocenters. The average Bonchev–Trinajstić information content (AvgIpc) is 2.31. The Hall–Kier alpha value is -1.21. The number of para-hydroxylation sites is 1. The van der Waals surface area contributed by atoms with Crippen molar-refractivity contribution in [1.29, 1.82) is 0 Å². The quantitative estimate of drug-likeness (QED) is 0.636. The fourth-order valence-electron chi connectivity index (χ4n) is 1.59. The third-order valence-electron chi connectivity index (χ3n) is 2.40. The molecule has 0 aliphatic heterocycles. The van der Waals surface area contributed by atoms with Crippen molar-refractivity contribution < 1.29 is 4.39 Å². The smallest absolute Gasteiger partial charge is 0.135 e. The van der Waals surface area contributed by atoms with Crippen LogP contribution in [0.4, 0.5) is 15.8 Å². The lowest BCUT2D eigenvalue weighted by atomic mass is 10.1. The number of benzene rings is 2. The van der Waals surface area contributed by atoms with Crippen LogP contribution in [0.5, 0.6) is 0 Å². The Bertz CT molecular complexity index is 601. The number of nitrogens with one attached hydrogen (secondary N) is 1. The molecule has 0 fully saturated rings. The van der Waals surface area contributed by atoms with E-state index in [0.29, 0.717) is 5.69 Å². The van der Waals surface area contributed by atoms with Crippen LogP contribution in [0.3, 0.4) is 0 Å². The second kappa shape index (κ2) is 5.62. The van der Waals surface area contributed by atoms with E-state index in [1.807, 2.05) is 24.3 Å². The second-order valence-corrected chi connectivity index (χ2v) is 5.23. The molecule has 0 amide bonds. The van der Waals surface area contributed by atoms with E-state index in [0.717, 1.165) is 9.26 Å². The molecule has 18 heavy (non-hydrogen) atoms. The topological polar surface area (TPSA) is 38.0 Å². The number of nitrogens with two attached hydrogens (primary N) is 1. The largest absolute Gasteiger partial charge is 0.389 e. The van der Waals surface area contributed by atoms with Gasteiger partial charge in [-0.05, 0) is 46.9 Å². The van der Waals surface area contributed by atoms with Crippen LogP contribution in [0.15, 0.2) is 42.5 Å². The summed E-state index contributed by atoms with van der Waals surface area (Å²) in [6, 6.07) is 12.4. The van der Waals surface area contributed by atoms with Crippen molar-refractivity contribution in [3.05, 3.63) is 57.4 Å². The molecule has 5 heteroatoms. The summed E-state index contributed by atoms with van der Waals surface area (Å²) in [7, 11) is 0. The molecular formula is C13H10FIN2S. The molecule has 2 aromatic carbocycles. The van der Waals surface area contributed by atoms with E-state index in [-0.39, 0.29) is 10.6 Å². The van der Waals surface area contributed by atoms with Gasteiger partial charge < -0.3 is 11.1 Å². The Kier molecular flexibility index (Phi) is 4.13. The highest BCUT2D eigenvalue weighted by molar-refractivity contribution is 14.1. The summed E-state index contributed by atoms with van der Waals surface area (Å²) in [4.78, 5) is 0.0431. The second-order valence-electron chi connectivity index (χ2n) is 3.63. The van der Waals surface area contributed by atoms with Crippen LogP contribution < -0.4 is 11.1 Å². The van der Waals surface area contributed by atoms with Crippen molar-refractivity contribution in [2.75, 3.05) is 5.32 Å². The summed E-state index contributed by atoms with van der Waals surface area (Å²) < 4.78 is 14.7. The van der Waals surface area contributed by atoms with Gasteiger partial charge in [0, 0.05) is 3.57 Å². The highest BCUT2D eigenvalue weighted by Crippen LogP contribution is 2.26. The van der Waals surface area contributed by atoms with E-state index in [4.69, 9.17) is 18.0 Å². The van der Waals surface area contributed by atoms with Crippen molar-refractivity contribution in [3.63, 3.8) is 0 Å². The van der Waals surface area contributed by atoms with Crippen molar-refractivity contribution >= 4 is 51.2 Å². The third kappa shape index (κ3) is 2.78. The maximum Gasteiger partial charge on any atom is 0.135 e. The fraction of sp³-hybridized carbons (Fsp3) is 0. The van der Waals surface area contributed by atoms with Gasteiger partial charge in [-0.2, -0.15) is 0 Å². The molecule has 0 radical (unpaired) electrons. The molecule has 0 aromatic heterocycles. The molecule has 0 aliphatic rings. The Labute approximate surface area is 124 Å². The minimum Gasteiger partial charge on any atom is -0.389 e. The Morgan fingerprint density at radius 1 is 1.11 bits per heavy atom. The van der Waals surface area contributed by atoms with E-state index in [1.165, 1.54) is 6.07 Å². The van der Waals surface area contributed by atoms with Gasteiger partial charge in [0.25, 0.3) is 0 Å². The summed E-state index contributed by atoms with van der Waals surface area (Å²) >= 11 is 7.09. The third-order valence-corrected chi connectivity index (χ3v) is 3.55. The summed E-state index contributed by atoms with van der Waals surface area (Å²) in [5.74, 6) is -0.418. The molecule has 0 saturated heterocycles. The Morgan fingerprint density at radius 3 is 2.44 bits per heavy atom. The van der Waals surface area contributed by atoms with Crippen LogP contribution >= 0.6 is 34.8 Å². The predicted octanol–water partition coefficient (Wildman–Crippen LogP) is 3.81. The lowest BCUT2D eigenvalue weighted by molar-refractivity contribution is 0.626. The molecule has 0 saturated carbocycles. The number of anilines is 2. The highest BCUT2D eigenvalue weighted by Gasteiger charge is 2.11. The van der Waals surface area contributed by atoms with Crippen molar-refractivity contribution in [3.8, 4) is 0 Å². The molecule has 0 aliphatic carbocycles. The van der Waals surface area contributed by atoms with E-state index in [1.54, 1.807) is 12.1 Å². The minimum atomic E-state index is -0.418. The first-order valence-corrected chi connectivity index (χ1v) is 6.68. The van der Waals surface area contributed by atoms with E-state index >= 15 is 0 Å². The lowest BCUT2D eigenvalue weighted by Crippen LogP contribution is -2.14. The van der Waals surface area contributed by atoms with Crippen molar-refractivity contribution in [2.45, 2.75) is 0 Å². The number of hydrogen-bond acceptors (Lipinski definition) is 2. The van der Waals surface area contributed by atoms with Crippen LogP contribution in [-0.4, -0.2) is 4.99 Å². The molecular weight excluding hydrogens is 362 g/mol. The molecule has 0 unspecified atom stereocenters. The normalized spacial score (nSPS) is 10.1. The van der Waals surface area contributed by atoms with Gasteiger partial charge in [0.1, 0.15) is 10.8 Å². The molecule has 2 rings (SSSR count). The zero-order valence-electron chi connectivity index (χ0n) is 9.28. The van der Waals surface area contributed by atoms with Gasteiger partial charge in [-0.15, -0.1) is 0 Å². The first-order chi connectivity index (χ1) is 8.59. The van der Waals surface area contributed by atoms with Gasteiger partial charge in [-0.3, -0.25) is 0 Å². The number of halogens is 2. The van der Waals surface area contributed by atoms with Gasteiger partial charge >= 0.3 is 0 Å². The molecule has 92 valence electrons. The number of hydrogen-bond donors (Lipinski definition) is 2. The first kappa shape index (κ1) is 13.2. The van der Waals surface area contributed by atoms with Gasteiger partial charge in [-0.1, -0.05) is 30.4 Å². The molecule has 0 spiro atoms. The lowest BCUT2D eigenvalue weighted by Gasteiger charge is -2.13. The van der Waals surface area contributed by atoms with Crippen LogP contribution in [0, 0.1) is 9.39 Å². The van der Waals surface area contributed by atoms with Crippen LogP contribution in [-0.2, 0) is 0 Å². The maximum absolute atomic E-state index is 13.7. The van der Waals surface area contributed by atoms with E-state index < -0.39 is 5.82 Å². The molecule has 2 aromatic rings. The van der Waals surface area contributed by atoms with Gasteiger partial charge in [0.15, 0.2) is 0 Å². The SMILES string of the molecule is NC(=S)c1c(F)cccc1Nc1ccccc1I. The molecule has 0 heterocycles. The fourth-order valence-corrected chi connectivity index (χ4v) is 2.32.